The minimum atomic E-state index is -0.524. The number of benzene rings is 1. The van der Waals surface area contributed by atoms with Gasteiger partial charge in [0.1, 0.15) is 11.8 Å². The number of nitrogens with zero attached hydrogens (tertiary/aromatic N) is 3. The zero-order valence-electron chi connectivity index (χ0n) is 9.66. The molecule has 19 heavy (non-hydrogen) atoms. The van der Waals surface area contributed by atoms with E-state index in [2.05, 4.69) is 20.3 Å². The predicted molar refractivity (Wildman–Crippen MR) is 64.2 cm³/mol. The maximum atomic E-state index is 11.7. The Morgan fingerprint density at radius 1 is 1.42 bits per heavy atom. The van der Waals surface area contributed by atoms with Crippen molar-refractivity contribution in [1.82, 2.24) is 10.3 Å². The SMILES string of the molecule is N#CCOc1ccc(NC(=O)c2nonc2N)cc1. The zero-order valence-corrected chi connectivity index (χ0v) is 9.66. The third kappa shape index (κ3) is 2.98. The minimum Gasteiger partial charge on any atom is -0.479 e. The Bertz CT molecular complexity index is 614. The number of carbonyl (C=O) groups excluding carboxylic acids is 1. The molecule has 96 valence electrons. The number of aromatic nitrogens is 2. The summed E-state index contributed by atoms with van der Waals surface area (Å²) in [5, 5.41) is 17.6. The Morgan fingerprint density at radius 2 is 2.16 bits per heavy atom. The second kappa shape index (κ2) is 5.50. The molecule has 1 aromatic heterocycles. The molecule has 1 aromatic carbocycles. The van der Waals surface area contributed by atoms with E-state index < -0.39 is 5.91 Å². The van der Waals surface area contributed by atoms with Crippen molar-refractivity contribution in [3.63, 3.8) is 0 Å². The van der Waals surface area contributed by atoms with Gasteiger partial charge in [0.05, 0.1) is 0 Å². The highest BCUT2D eigenvalue weighted by Crippen LogP contribution is 2.16. The first-order chi connectivity index (χ1) is 9.20. The van der Waals surface area contributed by atoms with E-state index in [0.29, 0.717) is 11.4 Å². The molecule has 2 aromatic rings. The fourth-order valence-corrected chi connectivity index (χ4v) is 1.29. The average molecular weight is 259 g/mol. The van der Waals surface area contributed by atoms with Gasteiger partial charge in [-0.3, -0.25) is 4.79 Å². The Kier molecular flexibility index (Phi) is 3.59. The van der Waals surface area contributed by atoms with Crippen molar-refractivity contribution >= 4 is 17.4 Å². The fourth-order valence-electron chi connectivity index (χ4n) is 1.29. The Hall–Kier alpha value is -3.08. The van der Waals surface area contributed by atoms with Crippen LogP contribution < -0.4 is 15.8 Å². The Morgan fingerprint density at radius 3 is 2.74 bits per heavy atom. The summed E-state index contributed by atoms with van der Waals surface area (Å²) >= 11 is 0. The molecule has 0 bridgehead atoms. The van der Waals surface area contributed by atoms with Gasteiger partial charge in [-0.15, -0.1) is 0 Å². The van der Waals surface area contributed by atoms with Crippen molar-refractivity contribution in [3.05, 3.63) is 30.0 Å². The molecule has 2 rings (SSSR count). The van der Waals surface area contributed by atoms with Gasteiger partial charge in [-0.2, -0.15) is 5.26 Å². The molecule has 8 nitrogen and oxygen atoms in total. The maximum absolute atomic E-state index is 11.7. The molecule has 0 atom stereocenters. The molecule has 0 radical (unpaired) electrons. The summed E-state index contributed by atoms with van der Waals surface area (Å²) in [5.74, 6) is -0.0712. The quantitative estimate of drug-likeness (QED) is 0.831. The van der Waals surface area contributed by atoms with Crippen LogP contribution in [-0.2, 0) is 0 Å². The largest absolute Gasteiger partial charge is 0.479 e. The van der Waals surface area contributed by atoms with E-state index in [1.54, 1.807) is 24.3 Å². The second-order valence-electron chi connectivity index (χ2n) is 3.42. The van der Waals surface area contributed by atoms with Crippen LogP contribution in [0.15, 0.2) is 28.9 Å². The topological polar surface area (TPSA) is 127 Å². The van der Waals surface area contributed by atoms with E-state index in [4.69, 9.17) is 15.7 Å². The molecular weight excluding hydrogens is 250 g/mol. The molecule has 0 unspecified atom stereocenters. The first kappa shape index (κ1) is 12.4. The standard InChI is InChI=1S/C11H9N5O3/c12-5-6-18-8-3-1-7(2-4-8)14-11(17)9-10(13)16-19-15-9/h1-4H,6H2,(H2,13,16)(H,14,17). The molecule has 8 heteroatoms. The number of anilines is 2. The highest BCUT2D eigenvalue weighted by atomic mass is 16.6. The van der Waals surface area contributed by atoms with Gasteiger partial charge in [-0.25, -0.2) is 4.63 Å². The third-order valence-electron chi connectivity index (χ3n) is 2.14. The molecular formula is C11H9N5O3. The second-order valence-corrected chi connectivity index (χ2v) is 3.42. The molecule has 0 spiro atoms. The lowest BCUT2D eigenvalue weighted by molar-refractivity contribution is 0.101. The number of nitrogens with two attached hydrogens (primary N) is 1. The number of hydrogen-bond acceptors (Lipinski definition) is 7. The summed E-state index contributed by atoms with van der Waals surface area (Å²) in [6.45, 7) is -0.0349. The number of carbonyl (C=O) groups is 1. The summed E-state index contributed by atoms with van der Waals surface area (Å²) in [4.78, 5) is 11.7. The number of amides is 1. The molecule has 0 aliphatic rings. The van der Waals surface area contributed by atoms with E-state index in [-0.39, 0.29) is 18.1 Å². The predicted octanol–water partition coefficient (Wildman–Crippen LogP) is 0.806. The molecule has 0 saturated heterocycles. The Labute approximate surface area is 107 Å². The van der Waals surface area contributed by atoms with Gasteiger partial charge in [-0.05, 0) is 34.6 Å². The van der Waals surface area contributed by atoms with Crippen LogP contribution >= 0.6 is 0 Å². The van der Waals surface area contributed by atoms with E-state index in [0.717, 1.165) is 0 Å². The lowest BCUT2D eigenvalue weighted by Gasteiger charge is -2.05. The van der Waals surface area contributed by atoms with Crippen molar-refractivity contribution < 1.29 is 14.2 Å². The molecule has 0 fully saturated rings. The lowest BCUT2D eigenvalue weighted by atomic mass is 10.3. The van der Waals surface area contributed by atoms with Crippen LogP contribution in [0.1, 0.15) is 10.5 Å². The highest BCUT2D eigenvalue weighted by molar-refractivity contribution is 6.05. The molecule has 0 aliphatic carbocycles. The molecule has 0 aliphatic heterocycles. The smallest absolute Gasteiger partial charge is 0.281 e. The minimum absolute atomic E-state index is 0.0349. The Balaban J connectivity index is 2.02. The van der Waals surface area contributed by atoms with Gasteiger partial charge < -0.3 is 15.8 Å². The summed E-state index contributed by atoms with van der Waals surface area (Å²) in [7, 11) is 0. The first-order valence-corrected chi connectivity index (χ1v) is 5.20. The summed E-state index contributed by atoms with van der Waals surface area (Å²) in [6.07, 6.45) is 0. The van der Waals surface area contributed by atoms with Crippen LogP contribution in [0.4, 0.5) is 11.5 Å². The molecule has 3 N–H and O–H groups in total. The van der Waals surface area contributed by atoms with Gasteiger partial charge in [0.15, 0.2) is 6.61 Å². The van der Waals surface area contributed by atoms with E-state index >= 15 is 0 Å². The van der Waals surface area contributed by atoms with Crippen LogP contribution in [0.25, 0.3) is 0 Å². The van der Waals surface area contributed by atoms with Crippen LogP contribution in [-0.4, -0.2) is 22.8 Å². The number of nitriles is 1. The summed E-state index contributed by atoms with van der Waals surface area (Å²) in [6, 6.07) is 8.34. The van der Waals surface area contributed by atoms with Gasteiger partial charge >= 0.3 is 0 Å². The maximum Gasteiger partial charge on any atom is 0.281 e. The van der Waals surface area contributed by atoms with Crippen molar-refractivity contribution in [3.8, 4) is 11.8 Å². The van der Waals surface area contributed by atoms with Crippen LogP contribution in [0.3, 0.4) is 0 Å². The number of nitrogens with one attached hydrogen (secondary N) is 1. The number of nitrogen functional groups attached to an aromatic ring is 1. The van der Waals surface area contributed by atoms with E-state index in [1.165, 1.54) is 0 Å². The number of ether oxygens (including phenoxy) is 1. The molecule has 0 saturated carbocycles. The van der Waals surface area contributed by atoms with Gasteiger partial charge in [0.2, 0.25) is 11.5 Å². The summed E-state index contributed by atoms with van der Waals surface area (Å²) < 4.78 is 9.41. The van der Waals surface area contributed by atoms with Gasteiger partial charge in [0, 0.05) is 5.69 Å². The summed E-state index contributed by atoms with van der Waals surface area (Å²) in [5.41, 5.74) is 5.84. The first-order valence-electron chi connectivity index (χ1n) is 5.20. The van der Waals surface area contributed by atoms with Crippen molar-refractivity contribution in [2.24, 2.45) is 0 Å². The number of rotatable bonds is 4. The molecule has 1 heterocycles. The zero-order chi connectivity index (χ0) is 13.7. The monoisotopic (exact) mass is 259 g/mol. The van der Waals surface area contributed by atoms with Crippen LogP contribution in [0.5, 0.6) is 5.75 Å². The molecule has 1 amide bonds. The van der Waals surface area contributed by atoms with Crippen LogP contribution in [0, 0.1) is 11.3 Å². The lowest BCUT2D eigenvalue weighted by Crippen LogP contribution is -2.14. The van der Waals surface area contributed by atoms with Gasteiger partial charge in [-0.1, -0.05) is 0 Å². The van der Waals surface area contributed by atoms with Crippen molar-refractivity contribution in [2.75, 3.05) is 17.7 Å². The van der Waals surface area contributed by atoms with E-state index in [9.17, 15) is 4.79 Å². The fraction of sp³-hybridized carbons (Fsp3) is 0.0909. The van der Waals surface area contributed by atoms with Crippen molar-refractivity contribution in [1.29, 1.82) is 5.26 Å². The average Bonchev–Trinajstić information content (AvgIpc) is 2.84. The van der Waals surface area contributed by atoms with Crippen LogP contribution in [0.2, 0.25) is 0 Å². The number of hydrogen-bond donors (Lipinski definition) is 2. The highest BCUT2D eigenvalue weighted by Gasteiger charge is 2.15. The van der Waals surface area contributed by atoms with E-state index in [1.807, 2.05) is 6.07 Å². The van der Waals surface area contributed by atoms with Gasteiger partial charge in [0.25, 0.3) is 5.91 Å². The third-order valence-corrected chi connectivity index (χ3v) is 2.14. The normalized spacial score (nSPS) is 9.63. The van der Waals surface area contributed by atoms with Crippen molar-refractivity contribution in [2.45, 2.75) is 0 Å².